The minimum atomic E-state index is 0.568. The van der Waals surface area contributed by atoms with Gasteiger partial charge in [-0.25, -0.2) is 0 Å². The molecule has 0 bridgehead atoms. The summed E-state index contributed by atoms with van der Waals surface area (Å²) in [6.07, 6.45) is 8.25. The van der Waals surface area contributed by atoms with Gasteiger partial charge in [-0.15, -0.1) is 0 Å². The van der Waals surface area contributed by atoms with Crippen LogP contribution in [0.15, 0.2) is 0 Å². The molecule has 0 aromatic heterocycles. The van der Waals surface area contributed by atoms with Gasteiger partial charge in [-0.1, -0.05) is 60.3 Å². The minimum Gasteiger partial charge on any atom is -0.0654 e. The van der Waals surface area contributed by atoms with Gasteiger partial charge in [0.05, 0.1) is 0 Å². The van der Waals surface area contributed by atoms with Crippen molar-refractivity contribution in [3.05, 3.63) is 0 Å². The molecule has 0 rings (SSSR count). The highest BCUT2D eigenvalue weighted by Gasteiger charge is 2.26. The zero-order valence-electron chi connectivity index (χ0n) is 10.3. The lowest BCUT2D eigenvalue weighted by Crippen LogP contribution is -2.23. The van der Waals surface area contributed by atoms with Gasteiger partial charge in [0, 0.05) is 0 Å². The second-order valence-corrected chi connectivity index (χ2v) is 4.99. The standard InChI is InChI=1S/C13H28/c1-6-9-10-12(8-3)13(4,5)11-7-2/h12H,6-11H2,1-5H3. The first kappa shape index (κ1) is 13.0. The average molecular weight is 184 g/mol. The lowest BCUT2D eigenvalue weighted by atomic mass is 9.72. The van der Waals surface area contributed by atoms with Crippen LogP contribution in [0, 0.1) is 11.3 Å². The van der Waals surface area contributed by atoms with Crippen LogP contribution in [-0.4, -0.2) is 0 Å². The van der Waals surface area contributed by atoms with E-state index in [1.165, 1.54) is 38.5 Å². The Kier molecular flexibility index (Phi) is 6.45. The maximum absolute atomic E-state index is 2.44. The van der Waals surface area contributed by atoms with Gasteiger partial charge in [0.15, 0.2) is 0 Å². The van der Waals surface area contributed by atoms with Crippen molar-refractivity contribution in [1.82, 2.24) is 0 Å². The van der Waals surface area contributed by atoms with Crippen LogP contribution in [0.3, 0.4) is 0 Å². The first-order valence-electron chi connectivity index (χ1n) is 6.08. The summed E-state index contributed by atoms with van der Waals surface area (Å²) >= 11 is 0. The molecule has 0 amide bonds. The van der Waals surface area contributed by atoms with Crippen molar-refractivity contribution >= 4 is 0 Å². The average Bonchev–Trinajstić information content (AvgIpc) is 2.05. The molecule has 80 valence electrons. The van der Waals surface area contributed by atoms with Gasteiger partial charge in [0.1, 0.15) is 0 Å². The van der Waals surface area contributed by atoms with E-state index in [-0.39, 0.29) is 0 Å². The molecule has 0 heterocycles. The van der Waals surface area contributed by atoms with Crippen molar-refractivity contribution < 1.29 is 0 Å². The van der Waals surface area contributed by atoms with Crippen LogP contribution in [0.4, 0.5) is 0 Å². The fourth-order valence-electron chi connectivity index (χ4n) is 2.45. The molecule has 0 fully saturated rings. The fraction of sp³-hybridized carbons (Fsp3) is 1.00. The molecule has 0 saturated heterocycles. The number of unbranched alkanes of at least 4 members (excludes halogenated alkanes) is 1. The first-order chi connectivity index (χ1) is 6.08. The van der Waals surface area contributed by atoms with Gasteiger partial charge in [-0.2, -0.15) is 0 Å². The highest BCUT2D eigenvalue weighted by Crippen LogP contribution is 2.37. The van der Waals surface area contributed by atoms with E-state index in [2.05, 4.69) is 34.6 Å². The Morgan fingerprint density at radius 1 is 1.00 bits per heavy atom. The lowest BCUT2D eigenvalue weighted by Gasteiger charge is -2.34. The Morgan fingerprint density at radius 3 is 2.00 bits per heavy atom. The summed E-state index contributed by atoms with van der Waals surface area (Å²) in [5.41, 5.74) is 0.568. The van der Waals surface area contributed by atoms with Crippen molar-refractivity contribution in [3.63, 3.8) is 0 Å². The molecule has 13 heavy (non-hydrogen) atoms. The van der Waals surface area contributed by atoms with E-state index in [1.807, 2.05) is 0 Å². The van der Waals surface area contributed by atoms with Crippen molar-refractivity contribution in [2.45, 2.75) is 73.1 Å². The van der Waals surface area contributed by atoms with Crippen molar-refractivity contribution in [2.24, 2.45) is 11.3 Å². The van der Waals surface area contributed by atoms with Gasteiger partial charge >= 0.3 is 0 Å². The number of hydrogen-bond acceptors (Lipinski definition) is 0. The molecule has 1 atom stereocenters. The highest BCUT2D eigenvalue weighted by atomic mass is 14.3. The molecule has 0 radical (unpaired) electrons. The monoisotopic (exact) mass is 184 g/mol. The minimum absolute atomic E-state index is 0.568. The topological polar surface area (TPSA) is 0 Å². The molecular weight excluding hydrogens is 156 g/mol. The molecule has 0 saturated carbocycles. The van der Waals surface area contributed by atoms with Crippen LogP contribution < -0.4 is 0 Å². The molecule has 1 unspecified atom stereocenters. The summed E-state index contributed by atoms with van der Waals surface area (Å²) < 4.78 is 0. The van der Waals surface area contributed by atoms with Gasteiger partial charge in [-0.05, 0) is 24.2 Å². The van der Waals surface area contributed by atoms with Gasteiger partial charge in [0.2, 0.25) is 0 Å². The van der Waals surface area contributed by atoms with Gasteiger partial charge in [-0.3, -0.25) is 0 Å². The predicted octanol–water partition coefficient (Wildman–Crippen LogP) is 5.03. The van der Waals surface area contributed by atoms with Gasteiger partial charge < -0.3 is 0 Å². The zero-order valence-corrected chi connectivity index (χ0v) is 10.3. The molecular formula is C13H28. The number of hydrogen-bond donors (Lipinski definition) is 0. The molecule has 0 aromatic rings. The van der Waals surface area contributed by atoms with Crippen LogP contribution in [0.25, 0.3) is 0 Å². The highest BCUT2D eigenvalue weighted by molar-refractivity contribution is 4.76. The van der Waals surface area contributed by atoms with Crippen LogP contribution in [0.2, 0.25) is 0 Å². The smallest absolute Gasteiger partial charge is 0.0326 e. The van der Waals surface area contributed by atoms with E-state index in [9.17, 15) is 0 Å². The lowest BCUT2D eigenvalue weighted by molar-refractivity contribution is 0.172. The van der Waals surface area contributed by atoms with Crippen molar-refractivity contribution in [3.8, 4) is 0 Å². The van der Waals surface area contributed by atoms with E-state index in [0.717, 1.165) is 5.92 Å². The van der Waals surface area contributed by atoms with Gasteiger partial charge in [0.25, 0.3) is 0 Å². The van der Waals surface area contributed by atoms with Crippen LogP contribution in [0.1, 0.15) is 73.1 Å². The van der Waals surface area contributed by atoms with Crippen LogP contribution in [0.5, 0.6) is 0 Å². The fourth-order valence-corrected chi connectivity index (χ4v) is 2.45. The third kappa shape index (κ3) is 4.69. The third-order valence-corrected chi connectivity index (χ3v) is 3.40. The summed E-state index contributed by atoms with van der Waals surface area (Å²) in [6, 6.07) is 0. The van der Waals surface area contributed by atoms with Crippen LogP contribution >= 0.6 is 0 Å². The van der Waals surface area contributed by atoms with Crippen molar-refractivity contribution in [2.75, 3.05) is 0 Å². The molecule has 0 spiro atoms. The van der Waals surface area contributed by atoms with Crippen molar-refractivity contribution in [1.29, 1.82) is 0 Å². The van der Waals surface area contributed by atoms with E-state index in [0.29, 0.717) is 5.41 Å². The summed E-state index contributed by atoms with van der Waals surface area (Å²) in [4.78, 5) is 0. The molecule has 0 nitrogen and oxygen atoms in total. The summed E-state index contributed by atoms with van der Waals surface area (Å²) in [7, 11) is 0. The maximum atomic E-state index is 2.44. The molecule has 0 heteroatoms. The quantitative estimate of drug-likeness (QED) is 0.520. The summed E-state index contributed by atoms with van der Waals surface area (Å²) in [5, 5.41) is 0. The number of rotatable bonds is 7. The zero-order chi connectivity index (χ0) is 10.3. The second-order valence-electron chi connectivity index (χ2n) is 4.99. The van der Waals surface area contributed by atoms with E-state index < -0.39 is 0 Å². The third-order valence-electron chi connectivity index (χ3n) is 3.40. The Hall–Kier alpha value is 0. The largest absolute Gasteiger partial charge is 0.0654 e. The predicted molar refractivity (Wildman–Crippen MR) is 62.0 cm³/mol. The van der Waals surface area contributed by atoms with E-state index in [4.69, 9.17) is 0 Å². The van der Waals surface area contributed by atoms with E-state index in [1.54, 1.807) is 0 Å². The maximum Gasteiger partial charge on any atom is -0.0326 e. The van der Waals surface area contributed by atoms with Crippen LogP contribution in [-0.2, 0) is 0 Å². The van der Waals surface area contributed by atoms with E-state index >= 15 is 0 Å². The molecule has 0 N–H and O–H groups in total. The Bertz CT molecular complexity index is 113. The Balaban J connectivity index is 4.02. The summed E-state index contributed by atoms with van der Waals surface area (Å²) in [6.45, 7) is 11.8. The molecule has 0 aliphatic carbocycles. The Morgan fingerprint density at radius 2 is 1.62 bits per heavy atom. The first-order valence-corrected chi connectivity index (χ1v) is 6.08. The Labute approximate surface area is 85.1 Å². The molecule has 0 aliphatic heterocycles. The SMILES string of the molecule is CCCCC(CC)C(C)(C)CCC. The second kappa shape index (κ2) is 6.45. The molecule has 0 aromatic carbocycles. The summed E-state index contributed by atoms with van der Waals surface area (Å²) in [5.74, 6) is 0.937. The molecule has 0 aliphatic rings. The normalized spacial score (nSPS) is 14.5.